The quantitative estimate of drug-likeness (QED) is 0.628. The first-order valence-corrected chi connectivity index (χ1v) is 8.37. The maximum Gasteiger partial charge on any atom is 0.0705 e. The van der Waals surface area contributed by atoms with Gasteiger partial charge in [-0.2, -0.15) is 0 Å². The summed E-state index contributed by atoms with van der Waals surface area (Å²) in [4.78, 5) is 6.81. The van der Waals surface area contributed by atoms with E-state index in [0.717, 1.165) is 39.2 Å². The molecular weight excluding hydrogens is 304 g/mol. The number of hydrogen-bond donors (Lipinski definition) is 0. The number of allylic oxidation sites excluding steroid dienone is 5. The fraction of sp³-hybridized carbons (Fsp3) is 0.174. The van der Waals surface area contributed by atoms with E-state index in [-0.39, 0.29) is 0 Å². The predicted octanol–water partition coefficient (Wildman–Crippen LogP) is 5.73. The van der Waals surface area contributed by atoms with Crippen molar-refractivity contribution < 1.29 is 0 Å². The molecule has 2 nitrogen and oxygen atoms in total. The Labute approximate surface area is 151 Å². The van der Waals surface area contributed by atoms with Crippen LogP contribution in [0.4, 0.5) is 0 Å². The first kappa shape index (κ1) is 18.5. The molecule has 0 N–H and O–H groups in total. The molecule has 1 aromatic heterocycles. The van der Waals surface area contributed by atoms with Gasteiger partial charge in [0.2, 0.25) is 0 Å². The average Bonchev–Trinajstić information content (AvgIpc) is 2.59. The fourth-order valence-corrected chi connectivity index (χ4v) is 2.73. The third-order valence-electron chi connectivity index (χ3n) is 3.91. The zero-order chi connectivity index (χ0) is 18.4. The molecule has 1 aromatic carbocycles. The van der Waals surface area contributed by atoms with E-state index >= 15 is 0 Å². The Morgan fingerprint density at radius 3 is 2.52 bits per heavy atom. The van der Waals surface area contributed by atoms with Gasteiger partial charge in [0.05, 0.1) is 5.69 Å². The number of aryl methyl sites for hydroxylation is 1. The summed E-state index contributed by atoms with van der Waals surface area (Å²) in [5.74, 6) is 0. The summed E-state index contributed by atoms with van der Waals surface area (Å²) in [5.41, 5.74) is 7.32. The van der Waals surface area contributed by atoms with Crippen molar-refractivity contribution in [2.75, 3.05) is 14.1 Å². The summed E-state index contributed by atoms with van der Waals surface area (Å²) in [5, 5.41) is 0. The second-order valence-corrected chi connectivity index (χ2v) is 6.19. The van der Waals surface area contributed by atoms with Crippen LogP contribution in [0.1, 0.15) is 23.7 Å². The minimum Gasteiger partial charge on any atom is -0.383 e. The molecule has 2 aromatic rings. The van der Waals surface area contributed by atoms with Crippen molar-refractivity contribution >= 4 is 11.1 Å². The lowest BCUT2D eigenvalue weighted by Gasteiger charge is -2.11. The second kappa shape index (κ2) is 8.29. The molecule has 0 atom stereocenters. The molecule has 0 unspecified atom stereocenters. The van der Waals surface area contributed by atoms with Gasteiger partial charge in [-0.05, 0) is 42.7 Å². The Morgan fingerprint density at radius 2 is 1.92 bits per heavy atom. The van der Waals surface area contributed by atoms with E-state index < -0.39 is 0 Å². The molecule has 0 saturated carbocycles. The zero-order valence-corrected chi connectivity index (χ0v) is 15.6. The molecular formula is C23H26N2. The molecule has 0 radical (unpaired) electrons. The van der Waals surface area contributed by atoms with Gasteiger partial charge in [-0.3, -0.25) is 4.98 Å². The van der Waals surface area contributed by atoms with E-state index in [1.165, 1.54) is 0 Å². The minimum absolute atomic E-state index is 0.963. The highest BCUT2D eigenvalue weighted by molar-refractivity contribution is 5.78. The summed E-state index contributed by atoms with van der Waals surface area (Å²) in [6.07, 6.45) is 7.94. The largest absolute Gasteiger partial charge is 0.383 e. The van der Waals surface area contributed by atoms with Gasteiger partial charge < -0.3 is 4.90 Å². The number of benzene rings is 1. The van der Waals surface area contributed by atoms with E-state index in [0.29, 0.717) is 0 Å². The Hall–Kier alpha value is -2.87. The van der Waals surface area contributed by atoms with E-state index in [9.17, 15) is 0 Å². The van der Waals surface area contributed by atoms with Crippen molar-refractivity contribution in [1.82, 2.24) is 9.88 Å². The van der Waals surface area contributed by atoms with Crippen LogP contribution in [0.3, 0.4) is 0 Å². The molecule has 0 aliphatic heterocycles. The highest BCUT2D eigenvalue weighted by Crippen LogP contribution is 2.26. The maximum absolute atomic E-state index is 4.78. The lowest BCUT2D eigenvalue weighted by atomic mass is 10.00. The van der Waals surface area contributed by atoms with Crippen LogP contribution in [-0.4, -0.2) is 24.0 Å². The summed E-state index contributed by atoms with van der Waals surface area (Å²) < 4.78 is 0. The third-order valence-corrected chi connectivity index (χ3v) is 3.91. The lowest BCUT2D eigenvalue weighted by molar-refractivity contribution is 0.566. The van der Waals surface area contributed by atoms with E-state index in [4.69, 9.17) is 4.98 Å². The summed E-state index contributed by atoms with van der Waals surface area (Å²) in [6.45, 7) is 12.1. The van der Waals surface area contributed by atoms with Crippen molar-refractivity contribution in [2.45, 2.75) is 13.8 Å². The van der Waals surface area contributed by atoms with Gasteiger partial charge in [-0.25, -0.2) is 0 Å². The van der Waals surface area contributed by atoms with Crippen LogP contribution in [0.5, 0.6) is 0 Å². The van der Waals surface area contributed by atoms with Crippen LogP contribution in [-0.2, 0) is 0 Å². The monoisotopic (exact) mass is 330 g/mol. The van der Waals surface area contributed by atoms with E-state index in [1.807, 2.05) is 51.1 Å². The smallest absolute Gasteiger partial charge is 0.0705 e. The third kappa shape index (κ3) is 4.57. The van der Waals surface area contributed by atoms with Crippen molar-refractivity contribution in [2.24, 2.45) is 0 Å². The maximum atomic E-state index is 4.78. The highest BCUT2D eigenvalue weighted by Gasteiger charge is 2.07. The normalized spacial score (nSPS) is 11.6. The summed E-state index contributed by atoms with van der Waals surface area (Å²) in [6, 6.07) is 12.5. The van der Waals surface area contributed by atoms with E-state index in [2.05, 4.69) is 55.8 Å². The van der Waals surface area contributed by atoms with Gasteiger partial charge in [0.25, 0.3) is 0 Å². The van der Waals surface area contributed by atoms with E-state index in [1.54, 1.807) is 0 Å². The van der Waals surface area contributed by atoms with Crippen LogP contribution in [0.15, 0.2) is 74.0 Å². The van der Waals surface area contributed by atoms with Crippen LogP contribution in [0.25, 0.3) is 22.4 Å². The van der Waals surface area contributed by atoms with Gasteiger partial charge >= 0.3 is 0 Å². The van der Waals surface area contributed by atoms with Crippen molar-refractivity contribution in [3.63, 3.8) is 0 Å². The number of pyridine rings is 1. The summed E-state index contributed by atoms with van der Waals surface area (Å²) >= 11 is 0. The van der Waals surface area contributed by atoms with Gasteiger partial charge in [0.15, 0.2) is 0 Å². The number of nitrogens with zero attached hydrogens (tertiary/aromatic N) is 2. The molecule has 0 aliphatic carbocycles. The van der Waals surface area contributed by atoms with Crippen LogP contribution in [0, 0.1) is 6.92 Å². The minimum atomic E-state index is 0.963. The molecule has 0 bridgehead atoms. The molecule has 25 heavy (non-hydrogen) atoms. The number of aromatic nitrogens is 1. The first-order chi connectivity index (χ1) is 12.0. The Balaban J connectivity index is 2.43. The molecule has 0 amide bonds. The van der Waals surface area contributed by atoms with Crippen molar-refractivity contribution in [3.05, 3.63) is 90.8 Å². The Kier molecular flexibility index (Phi) is 6.13. The lowest BCUT2D eigenvalue weighted by Crippen LogP contribution is -2.02. The Morgan fingerprint density at radius 1 is 1.16 bits per heavy atom. The average molecular weight is 330 g/mol. The Bertz CT molecular complexity index is 839. The van der Waals surface area contributed by atoms with Crippen LogP contribution in [0.2, 0.25) is 0 Å². The van der Waals surface area contributed by atoms with Gasteiger partial charge in [-0.15, -0.1) is 0 Å². The fourth-order valence-electron chi connectivity index (χ4n) is 2.73. The molecule has 128 valence electrons. The molecule has 1 heterocycles. The molecule has 0 saturated heterocycles. The first-order valence-electron chi connectivity index (χ1n) is 8.37. The van der Waals surface area contributed by atoms with Gasteiger partial charge in [0, 0.05) is 37.1 Å². The molecule has 0 spiro atoms. The van der Waals surface area contributed by atoms with Crippen LogP contribution < -0.4 is 0 Å². The van der Waals surface area contributed by atoms with Crippen molar-refractivity contribution in [3.8, 4) is 11.3 Å². The SMILES string of the molecule is C=C/C(=C\N(C)C)c1cccc(-c2ccc(C(=C)/C=C\C)c(C)n2)c1. The van der Waals surface area contributed by atoms with Crippen molar-refractivity contribution in [1.29, 1.82) is 0 Å². The predicted molar refractivity (Wildman–Crippen MR) is 110 cm³/mol. The van der Waals surface area contributed by atoms with Gasteiger partial charge in [0.1, 0.15) is 0 Å². The zero-order valence-electron chi connectivity index (χ0n) is 15.6. The standard InChI is InChI=1S/C23H26N2/c1-7-10-17(3)22-13-14-23(24-18(22)4)21-12-9-11-20(15-21)19(8-2)16-25(5)6/h7-16H,2-3H2,1,4-6H3/b10-7-,19-16+. The molecule has 0 aliphatic rings. The highest BCUT2D eigenvalue weighted by atomic mass is 15.0. The summed E-state index contributed by atoms with van der Waals surface area (Å²) in [7, 11) is 4.02. The molecule has 2 heteroatoms. The van der Waals surface area contributed by atoms with Gasteiger partial charge in [-0.1, -0.05) is 55.7 Å². The number of hydrogen-bond acceptors (Lipinski definition) is 2. The molecule has 2 rings (SSSR count). The molecule has 0 fully saturated rings. The second-order valence-electron chi connectivity index (χ2n) is 6.19. The number of rotatable bonds is 6. The topological polar surface area (TPSA) is 16.1 Å². The van der Waals surface area contributed by atoms with Crippen LogP contribution >= 0.6 is 0 Å².